The zero-order valence-corrected chi connectivity index (χ0v) is 38.1. The smallest absolute Gasteiger partial charge is 0.296 e. The molecule has 29 heteroatoms. The van der Waals surface area contributed by atoms with E-state index >= 15 is 0 Å². The summed E-state index contributed by atoms with van der Waals surface area (Å²) in [6.45, 7) is 0. The van der Waals surface area contributed by atoms with Crippen molar-refractivity contribution in [3.8, 4) is 23.0 Å². The van der Waals surface area contributed by atoms with Gasteiger partial charge in [0.2, 0.25) is 0 Å². The number of amides is 2. The Hall–Kier alpha value is -7.90. The molecule has 7 rings (SSSR count). The molecule has 0 unspecified atom stereocenters. The van der Waals surface area contributed by atoms with Gasteiger partial charge in [0.25, 0.3) is 52.3 Å². The van der Waals surface area contributed by atoms with Crippen LogP contribution in [-0.4, -0.2) is 98.1 Å². The number of rotatable bonds is 15. The summed E-state index contributed by atoms with van der Waals surface area (Å²) in [5.41, 5.74) is 1.35. The molecule has 0 bridgehead atoms. The van der Waals surface area contributed by atoms with E-state index in [-0.39, 0.29) is 11.6 Å². The Bertz CT molecular complexity index is 3740. The Kier molecular flexibility index (Phi) is 13.0. The molecule has 0 radical (unpaired) electrons. The number of nitrogens with zero attached hydrogens (tertiary/aromatic N) is 3. The predicted molar refractivity (Wildman–Crippen MR) is 244 cm³/mol. The SMILES string of the molecule is COc1cc(C(=O)Nc2cc(S(=O)(=O)O)cc3cc(S(=O)(=O)O)c(NNc4ccccn4)c(O)c23)c(OC)cc1C(=O)Nc1cc(S(=O)(=O)O)cc2cc(S(=O)(=O)O)c([N-]c3ccccn3)c(O)c12. The van der Waals surface area contributed by atoms with Crippen molar-refractivity contribution in [2.45, 2.75) is 19.6 Å². The quantitative estimate of drug-likeness (QED) is 0.0345. The fourth-order valence-electron chi connectivity index (χ4n) is 6.78. The first-order valence-electron chi connectivity index (χ1n) is 18.8. The number of anilines is 4. The highest BCUT2D eigenvalue weighted by Gasteiger charge is 2.29. The number of phenolic OH excluding ortho intramolecular Hbond substituents is 2. The minimum atomic E-state index is -5.22. The van der Waals surface area contributed by atoms with Crippen LogP contribution in [0.5, 0.6) is 23.0 Å². The van der Waals surface area contributed by atoms with E-state index in [4.69, 9.17) is 9.47 Å². The van der Waals surface area contributed by atoms with E-state index in [1.165, 1.54) is 36.7 Å². The van der Waals surface area contributed by atoms with Crippen LogP contribution in [-0.2, 0) is 40.5 Å². The molecular formula is C40H32N7O18S4-. The number of hydrazine groups is 1. The lowest BCUT2D eigenvalue weighted by Gasteiger charge is -2.22. The fraction of sp³-hybridized carbons (Fsp3) is 0.0500. The minimum absolute atomic E-state index is 0.0979. The lowest BCUT2D eigenvalue weighted by Crippen LogP contribution is -2.18. The van der Waals surface area contributed by atoms with Crippen LogP contribution >= 0.6 is 0 Å². The molecule has 25 nitrogen and oxygen atoms in total. The van der Waals surface area contributed by atoms with E-state index in [0.717, 1.165) is 44.6 Å². The van der Waals surface area contributed by atoms with Crippen molar-refractivity contribution in [2.75, 3.05) is 35.7 Å². The number of aromatic nitrogens is 2. The molecule has 0 saturated heterocycles. The van der Waals surface area contributed by atoms with E-state index in [0.29, 0.717) is 18.2 Å². The Morgan fingerprint density at radius 1 is 0.565 bits per heavy atom. The number of phenols is 2. The Morgan fingerprint density at radius 3 is 1.48 bits per heavy atom. The number of pyridine rings is 2. The van der Waals surface area contributed by atoms with Gasteiger partial charge in [-0.05, 0) is 71.4 Å². The molecule has 0 atom stereocenters. The molecule has 0 aliphatic rings. The van der Waals surface area contributed by atoms with Gasteiger partial charge in [0.1, 0.15) is 38.5 Å². The van der Waals surface area contributed by atoms with Crippen LogP contribution in [0.4, 0.5) is 34.4 Å². The molecule has 2 aromatic heterocycles. The first kappa shape index (κ1) is 49.0. The van der Waals surface area contributed by atoms with Crippen LogP contribution in [0, 0.1) is 0 Å². The first-order valence-corrected chi connectivity index (χ1v) is 24.6. The summed E-state index contributed by atoms with van der Waals surface area (Å²) in [5.74, 6) is -5.25. The summed E-state index contributed by atoms with van der Waals surface area (Å²) in [6, 6.07) is 15.0. The number of benzene rings is 5. The van der Waals surface area contributed by atoms with Crippen LogP contribution < -0.4 is 31.0 Å². The molecule has 2 heterocycles. The number of methoxy groups -OCH3 is 2. The number of hydrogen-bond donors (Lipinski definition) is 10. The molecular weight excluding hydrogens is 995 g/mol. The van der Waals surface area contributed by atoms with Crippen molar-refractivity contribution in [1.29, 1.82) is 0 Å². The summed E-state index contributed by atoms with van der Waals surface area (Å²) in [4.78, 5) is 32.4. The second kappa shape index (κ2) is 18.3. The molecule has 5 aromatic carbocycles. The first-order chi connectivity index (χ1) is 32.3. The monoisotopic (exact) mass is 1030 g/mol. The van der Waals surface area contributed by atoms with Gasteiger partial charge in [-0.25, -0.2) is 4.98 Å². The van der Waals surface area contributed by atoms with Gasteiger partial charge in [-0.3, -0.25) is 38.7 Å². The van der Waals surface area contributed by atoms with Gasteiger partial charge in [-0.15, -0.1) is 0 Å². The molecule has 2 amide bonds. The Labute approximate surface area is 389 Å². The Morgan fingerprint density at radius 2 is 1.04 bits per heavy atom. The highest BCUT2D eigenvalue weighted by atomic mass is 32.2. The van der Waals surface area contributed by atoms with E-state index in [1.807, 2.05) is 0 Å². The van der Waals surface area contributed by atoms with E-state index in [1.54, 1.807) is 12.1 Å². The van der Waals surface area contributed by atoms with Crippen molar-refractivity contribution < 1.29 is 81.2 Å². The predicted octanol–water partition coefficient (Wildman–Crippen LogP) is 5.48. The van der Waals surface area contributed by atoms with Gasteiger partial charge in [0, 0.05) is 22.7 Å². The van der Waals surface area contributed by atoms with Crippen LogP contribution in [0.25, 0.3) is 26.9 Å². The second-order valence-electron chi connectivity index (χ2n) is 14.1. The third-order valence-corrected chi connectivity index (χ3v) is 13.2. The van der Waals surface area contributed by atoms with Gasteiger partial charge in [0.05, 0.1) is 46.5 Å². The maximum atomic E-state index is 14.2. The topological polar surface area (TPSA) is 399 Å². The van der Waals surface area contributed by atoms with Crippen molar-refractivity contribution in [3.05, 3.63) is 114 Å². The molecule has 0 aliphatic carbocycles. The molecule has 10 N–H and O–H groups in total. The Balaban J connectivity index is 1.33. The van der Waals surface area contributed by atoms with E-state index in [9.17, 15) is 71.7 Å². The standard InChI is InChI=1S/C40H33N7O18S4/c1-64-27-18-24(40(51)44-26-16-22(67(55,56)57)12-20-14-30(69(61,62)63)36(38(49)34(20)26)47-46-32-8-4-6-10-42-32)28(65-2)17-23(27)39(50)43-25-15-21(66(52,53)54)11-19-13-29(68(58,59)60)35(37(48)33(19)25)45-31-7-3-5-9-41-31/h3-18H,1-2H3,(H11,41,42,43,44,45,46,47,48,49,50,51,52,53,54,55,56,57,58,59,60,61,62,63)/p-1. The van der Waals surface area contributed by atoms with Gasteiger partial charge >= 0.3 is 0 Å². The number of carbonyl (C=O) groups is 2. The van der Waals surface area contributed by atoms with Gasteiger partial charge in [-0.1, -0.05) is 36.3 Å². The zero-order chi connectivity index (χ0) is 50.4. The van der Waals surface area contributed by atoms with Crippen LogP contribution in [0.2, 0.25) is 0 Å². The largest absolute Gasteiger partial charge is 0.507 e. The number of carbonyl (C=O) groups excluding carboxylic acids is 2. The fourth-order valence-corrected chi connectivity index (χ4v) is 9.21. The maximum absolute atomic E-state index is 14.2. The van der Waals surface area contributed by atoms with Crippen molar-refractivity contribution in [3.63, 3.8) is 0 Å². The third-order valence-electron chi connectivity index (χ3n) is 9.79. The summed E-state index contributed by atoms with van der Waals surface area (Å²) in [7, 11) is -18.6. The number of aromatic hydroxyl groups is 2. The normalized spacial score (nSPS) is 12.0. The van der Waals surface area contributed by atoms with Gasteiger partial charge < -0.3 is 40.6 Å². The van der Waals surface area contributed by atoms with Gasteiger partial charge in [0.15, 0.2) is 5.75 Å². The summed E-state index contributed by atoms with van der Waals surface area (Å²) in [6.07, 6.45) is 2.64. The number of ether oxygens (including phenoxy) is 2. The average Bonchev–Trinajstić information content (AvgIpc) is 3.27. The van der Waals surface area contributed by atoms with Gasteiger partial charge in [-0.2, -0.15) is 33.7 Å². The minimum Gasteiger partial charge on any atom is -0.507 e. The summed E-state index contributed by atoms with van der Waals surface area (Å²) >= 11 is 0. The summed E-state index contributed by atoms with van der Waals surface area (Å²) < 4.78 is 151. The highest BCUT2D eigenvalue weighted by Crippen LogP contribution is 2.49. The zero-order valence-electron chi connectivity index (χ0n) is 34.8. The van der Waals surface area contributed by atoms with E-state index < -0.39 is 150 Å². The number of nitrogens with one attached hydrogen (secondary N) is 4. The number of fused-ring (bicyclic) bond motifs is 2. The van der Waals surface area contributed by atoms with E-state index in [2.05, 4.69) is 36.8 Å². The third kappa shape index (κ3) is 10.2. The van der Waals surface area contributed by atoms with Crippen molar-refractivity contribution in [2.24, 2.45) is 0 Å². The molecule has 0 saturated carbocycles. The second-order valence-corrected chi connectivity index (χ2v) is 19.8. The van der Waals surface area contributed by atoms with Crippen LogP contribution in [0.3, 0.4) is 0 Å². The highest BCUT2D eigenvalue weighted by molar-refractivity contribution is 7.86. The van der Waals surface area contributed by atoms with Crippen molar-refractivity contribution in [1.82, 2.24) is 9.97 Å². The lowest BCUT2D eigenvalue weighted by molar-refractivity contribution is 0.101. The average molecular weight is 1030 g/mol. The molecule has 0 aliphatic heterocycles. The molecule has 0 spiro atoms. The summed E-state index contributed by atoms with van der Waals surface area (Å²) in [5, 5.41) is 30.0. The van der Waals surface area contributed by atoms with Crippen LogP contribution in [0.1, 0.15) is 20.7 Å². The molecule has 69 heavy (non-hydrogen) atoms. The maximum Gasteiger partial charge on any atom is 0.296 e. The number of hydrogen-bond acceptors (Lipinski definition) is 18. The van der Waals surface area contributed by atoms with Crippen molar-refractivity contribution >= 4 is 108 Å². The molecule has 7 aromatic rings. The molecule has 0 fully saturated rings. The molecule has 360 valence electrons. The lowest BCUT2D eigenvalue weighted by atomic mass is 10.0. The van der Waals surface area contributed by atoms with Crippen LogP contribution in [0.15, 0.2) is 117 Å².